The number of para-hydroxylation sites is 1. The third kappa shape index (κ3) is 4.01. The van der Waals surface area contributed by atoms with Crippen LogP contribution in [0.4, 0.5) is 10.1 Å². The van der Waals surface area contributed by atoms with E-state index in [1.165, 1.54) is 12.1 Å². The normalized spacial score (nSPS) is 10.5. The predicted molar refractivity (Wildman–Crippen MR) is 89.6 cm³/mol. The lowest BCUT2D eigenvalue weighted by molar-refractivity contribution is -0.116. The molecule has 0 unspecified atom stereocenters. The molecule has 1 aromatic heterocycles. The van der Waals surface area contributed by atoms with E-state index >= 15 is 0 Å². The van der Waals surface area contributed by atoms with Crippen molar-refractivity contribution in [2.45, 2.75) is 33.6 Å². The van der Waals surface area contributed by atoms with Crippen molar-refractivity contribution in [3.63, 3.8) is 0 Å². The van der Waals surface area contributed by atoms with Crippen LogP contribution < -0.4 is 5.32 Å². The fourth-order valence-corrected chi connectivity index (χ4v) is 2.59. The first-order valence-corrected chi connectivity index (χ1v) is 7.83. The van der Waals surface area contributed by atoms with E-state index < -0.39 is 5.82 Å². The molecule has 128 valence electrons. The van der Waals surface area contributed by atoms with E-state index in [0.29, 0.717) is 18.6 Å². The van der Waals surface area contributed by atoms with E-state index in [0.717, 1.165) is 17.0 Å². The molecule has 0 atom stereocenters. The molecule has 0 spiro atoms. The Balaban J connectivity index is 2.02. The molecule has 0 bridgehead atoms. The summed E-state index contributed by atoms with van der Waals surface area (Å²) in [5.74, 6) is -1.13. The number of nitrogens with one attached hydrogen (secondary N) is 2. The molecule has 2 aromatic rings. The summed E-state index contributed by atoms with van der Waals surface area (Å²) in [4.78, 5) is 27.1. The maximum Gasteiger partial charge on any atom is 0.340 e. The third-order valence-electron chi connectivity index (χ3n) is 3.77. The van der Waals surface area contributed by atoms with Gasteiger partial charge >= 0.3 is 5.97 Å². The van der Waals surface area contributed by atoms with E-state index in [1.54, 1.807) is 26.0 Å². The number of carbonyl (C=O) groups is 2. The number of anilines is 1. The van der Waals surface area contributed by atoms with Gasteiger partial charge in [-0.25, -0.2) is 9.18 Å². The summed E-state index contributed by atoms with van der Waals surface area (Å²) in [6.07, 6.45) is 0.601. The number of aromatic amines is 1. The van der Waals surface area contributed by atoms with Gasteiger partial charge in [0.1, 0.15) is 5.82 Å². The number of H-pyrrole nitrogens is 1. The van der Waals surface area contributed by atoms with Gasteiger partial charge in [0.25, 0.3) is 0 Å². The number of carbonyl (C=O) groups excluding carboxylic acids is 2. The van der Waals surface area contributed by atoms with Crippen molar-refractivity contribution in [2.24, 2.45) is 0 Å². The third-order valence-corrected chi connectivity index (χ3v) is 3.77. The summed E-state index contributed by atoms with van der Waals surface area (Å²) < 4.78 is 18.6. The minimum absolute atomic E-state index is 0.161. The second-order valence-electron chi connectivity index (χ2n) is 5.48. The van der Waals surface area contributed by atoms with Crippen molar-refractivity contribution in [1.82, 2.24) is 4.98 Å². The minimum atomic E-state index is -0.470. The van der Waals surface area contributed by atoms with Gasteiger partial charge in [0, 0.05) is 17.8 Å². The van der Waals surface area contributed by atoms with Crippen LogP contribution >= 0.6 is 0 Å². The number of amides is 1. The van der Waals surface area contributed by atoms with Gasteiger partial charge in [0.05, 0.1) is 17.9 Å². The van der Waals surface area contributed by atoms with Crippen LogP contribution in [-0.2, 0) is 16.0 Å². The van der Waals surface area contributed by atoms with E-state index in [1.807, 2.05) is 6.92 Å². The van der Waals surface area contributed by atoms with E-state index in [-0.39, 0.29) is 24.0 Å². The van der Waals surface area contributed by atoms with Crippen molar-refractivity contribution in [3.05, 3.63) is 52.6 Å². The zero-order valence-corrected chi connectivity index (χ0v) is 14.0. The van der Waals surface area contributed by atoms with Crippen molar-refractivity contribution in [1.29, 1.82) is 0 Å². The average molecular weight is 332 g/mol. The molecule has 1 amide bonds. The highest BCUT2D eigenvalue weighted by Crippen LogP contribution is 2.20. The molecule has 0 fully saturated rings. The molecule has 0 aliphatic rings. The molecule has 2 rings (SSSR count). The topological polar surface area (TPSA) is 71.2 Å². The molecular formula is C18H21FN2O3. The second-order valence-corrected chi connectivity index (χ2v) is 5.48. The number of aryl methyl sites for hydroxylation is 2. The van der Waals surface area contributed by atoms with Crippen molar-refractivity contribution in [2.75, 3.05) is 11.9 Å². The number of hydrogen-bond acceptors (Lipinski definition) is 3. The smallest absolute Gasteiger partial charge is 0.340 e. The number of hydrogen-bond donors (Lipinski definition) is 2. The van der Waals surface area contributed by atoms with Crippen LogP contribution in [0.5, 0.6) is 0 Å². The molecule has 1 aromatic carbocycles. The van der Waals surface area contributed by atoms with Gasteiger partial charge < -0.3 is 15.0 Å². The standard InChI is InChI=1S/C18H21FN2O3/c1-4-24-18(23)17-11(2)14(20-12(17)3)9-10-16(22)21-15-8-6-5-7-13(15)19/h5-8,20H,4,9-10H2,1-3H3,(H,21,22). The molecule has 6 heteroatoms. The Hall–Kier alpha value is -2.63. The SMILES string of the molecule is CCOC(=O)c1c(C)[nH]c(CCC(=O)Nc2ccccc2F)c1C. The largest absolute Gasteiger partial charge is 0.462 e. The fourth-order valence-electron chi connectivity index (χ4n) is 2.59. The monoisotopic (exact) mass is 332 g/mol. The number of esters is 1. The Morgan fingerprint density at radius 3 is 2.62 bits per heavy atom. The van der Waals surface area contributed by atoms with E-state index in [2.05, 4.69) is 10.3 Å². The van der Waals surface area contributed by atoms with Crippen LogP contribution in [-0.4, -0.2) is 23.5 Å². The molecule has 0 saturated carbocycles. The summed E-state index contributed by atoms with van der Waals surface area (Å²) in [5.41, 5.74) is 2.98. The molecule has 1 heterocycles. The number of aromatic nitrogens is 1. The van der Waals surface area contributed by atoms with Gasteiger partial charge in [-0.1, -0.05) is 12.1 Å². The summed E-state index contributed by atoms with van der Waals surface area (Å²) in [6, 6.07) is 6.02. The molecule has 0 aliphatic heterocycles. The van der Waals surface area contributed by atoms with Crippen LogP contribution in [0.3, 0.4) is 0 Å². The summed E-state index contributed by atoms with van der Waals surface area (Å²) in [6.45, 7) is 5.68. The Morgan fingerprint density at radius 1 is 1.25 bits per heavy atom. The first kappa shape index (κ1) is 17.7. The van der Waals surface area contributed by atoms with Gasteiger partial charge in [-0.15, -0.1) is 0 Å². The van der Waals surface area contributed by atoms with Gasteiger partial charge in [0.15, 0.2) is 0 Å². The van der Waals surface area contributed by atoms with Gasteiger partial charge in [-0.3, -0.25) is 4.79 Å². The quantitative estimate of drug-likeness (QED) is 0.795. The highest BCUT2D eigenvalue weighted by molar-refractivity contribution is 5.93. The lowest BCUT2D eigenvalue weighted by Crippen LogP contribution is -2.13. The lowest BCUT2D eigenvalue weighted by atomic mass is 10.1. The summed E-state index contributed by atoms with van der Waals surface area (Å²) in [7, 11) is 0. The van der Waals surface area contributed by atoms with Crippen LogP contribution in [0.25, 0.3) is 0 Å². The number of benzene rings is 1. The fraction of sp³-hybridized carbons (Fsp3) is 0.333. The number of rotatable bonds is 6. The zero-order valence-electron chi connectivity index (χ0n) is 14.0. The van der Waals surface area contributed by atoms with Crippen molar-refractivity contribution in [3.8, 4) is 0 Å². The Bertz CT molecular complexity index is 753. The Labute approximate surface area is 140 Å². The highest BCUT2D eigenvalue weighted by atomic mass is 19.1. The van der Waals surface area contributed by atoms with Crippen LogP contribution in [0.2, 0.25) is 0 Å². The lowest BCUT2D eigenvalue weighted by Gasteiger charge is -2.06. The summed E-state index contributed by atoms with van der Waals surface area (Å²) >= 11 is 0. The number of halogens is 1. The maximum atomic E-state index is 13.5. The molecule has 0 aliphatic carbocycles. The van der Waals surface area contributed by atoms with Crippen molar-refractivity contribution < 1.29 is 18.7 Å². The average Bonchev–Trinajstić information content (AvgIpc) is 2.82. The number of ether oxygens (including phenoxy) is 1. The zero-order chi connectivity index (χ0) is 17.7. The van der Waals surface area contributed by atoms with Crippen LogP contribution in [0.1, 0.15) is 40.7 Å². The Morgan fingerprint density at radius 2 is 1.96 bits per heavy atom. The molecule has 2 N–H and O–H groups in total. The molecule has 5 nitrogen and oxygen atoms in total. The summed E-state index contributed by atoms with van der Waals surface area (Å²) in [5, 5.41) is 2.54. The Kier molecular flexibility index (Phi) is 5.73. The maximum absolute atomic E-state index is 13.5. The first-order chi connectivity index (χ1) is 11.4. The van der Waals surface area contributed by atoms with Crippen molar-refractivity contribution >= 4 is 17.6 Å². The van der Waals surface area contributed by atoms with Gasteiger partial charge in [0.2, 0.25) is 5.91 Å². The molecule has 0 saturated heterocycles. The molecule has 0 radical (unpaired) electrons. The van der Waals surface area contributed by atoms with Gasteiger partial charge in [-0.2, -0.15) is 0 Å². The molecular weight excluding hydrogens is 311 g/mol. The van der Waals surface area contributed by atoms with E-state index in [9.17, 15) is 14.0 Å². The van der Waals surface area contributed by atoms with Gasteiger partial charge in [-0.05, 0) is 44.9 Å². The first-order valence-electron chi connectivity index (χ1n) is 7.83. The predicted octanol–water partition coefficient (Wildman–Crippen LogP) is 3.52. The van der Waals surface area contributed by atoms with Crippen LogP contribution in [0, 0.1) is 19.7 Å². The second kappa shape index (κ2) is 7.77. The van der Waals surface area contributed by atoms with E-state index in [4.69, 9.17) is 4.74 Å². The van der Waals surface area contributed by atoms with Crippen LogP contribution in [0.15, 0.2) is 24.3 Å². The highest BCUT2D eigenvalue weighted by Gasteiger charge is 2.19. The molecule has 24 heavy (non-hydrogen) atoms. The minimum Gasteiger partial charge on any atom is -0.462 e.